The molecule has 1 saturated heterocycles. The van der Waals surface area contributed by atoms with Crippen molar-refractivity contribution >= 4 is 17.9 Å². The van der Waals surface area contributed by atoms with Crippen LogP contribution in [0.1, 0.15) is 66.2 Å². The zero-order valence-corrected chi connectivity index (χ0v) is 19.5. The van der Waals surface area contributed by atoms with Gasteiger partial charge in [0.1, 0.15) is 12.2 Å². The highest BCUT2D eigenvalue weighted by Gasteiger charge is 2.45. The predicted octanol–water partition coefficient (Wildman–Crippen LogP) is 3.65. The van der Waals surface area contributed by atoms with Gasteiger partial charge in [0.15, 0.2) is 0 Å². The zero-order chi connectivity index (χ0) is 23.6. The first-order valence-corrected chi connectivity index (χ1v) is 11.7. The van der Waals surface area contributed by atoms with E-state index in [2.05, 4.69) is 13.0 Å². The van der Waals surface area contributed by atoms with E-state index in [0.29, 0.717) is 19.3 Å². The Morgan fingerprint density at radius 3 is 2.59 bits per heavy atom. The first kappa shape index (κ1) is 24.5. The summed E-state index contributed by atoms with van der Waals surface area (Å²) < 4.78 is 11.4. The Bertz CT molecular complexity index is 796. The zero-order valence-electron chi connectivity index (χ0n) is 19.5. The molecule has 1 fully saturated rings. The van der Waals surface area contributed by atoms with E-state index in [4.69, 9.17) is 9.47 Å². The molecular weight excluding hydrogens is 412 g/mol. The minimum atomic E-state index is -0.918. The predicted molar refractivity (Wildman–Crippen MR) is 117 cm³/mol. The number of aliphatic hydroxyl groups excluding tert-OH is 1. The molecule has 7 heteroatoms. The molecular formula is C25H36O7. The smallest absolute Gasteiger partial charge is 0.311 e. The van der Waals surface area contributed by atoms with Gasteiger partial charge in [-0.25, -0.2) is 0 Å². The van der Waals surface area contributed by atoms with Gasteiger partial charge < -0.3 is 19.7 Å². The highest BCUT2D eigenvalue weighted by molar-refractivity contribution is 5.77. The lowest BCUT2D eigenvalue weighted by Crippen LogP contribution is -2.44. The van der Waals surface area contributed by atoms with Crippen LogP contribution >= 0.6 is 0 Å². The molecule has 2 N–H and O–H groups in total. The molecule has 1 aliphatic heterocycles. The van der Waals surface area contributed by atoms with Crippen molar-refractivity contribution in [1.29, 1.82) is 0 Å². The van der Waals surface area contributed by atoms with Crippen LogP contribution in [0.15, 0.2) is 23.8 Å². The molecule has 0 amide bonds. The number of allylic oxidation sites excluding steroid dienone is 2. The maximum atomic E-state index is 12.9. The number of aliphatic hydroxyl groups is 1. The van der Waals surface area contributed by atoms with Crippen molar-refractivity contribution in [2.24, 2.45) is 29.1 Å². The largest absolute Gasteiger partial charge is 0.481 e. The third kappa shape index (κ3) is 5.42. The van der Waals surface area contributed by atoms with E-state index in [0.717, 1.165) is 12.0 Å². The lowest BCUT2D eigenvalue weighted by molar-refractivity contribution is -0.167. The highest BCUT2D eigenvalue weighted by atomic mass is 16.6. The van der Waals surface area contributed by atoms with Crippen molar-refractivity contribution in [2.75, 3.05) is 0 Å². The number of carboxylic acid groups (broad SMARTS) is 1. The number of carboxylic acids is 1. The third-order valence-electron chi connectivity index (χ3n) is 7.46. The van der Waals surface area contributed by atoms with E-state index >= 15 is 0 Å². The summed E-state index contributed by atoms with van der Waals surface area (Å²) in [5.41, 5.74) is 0.262. The molecule has 0 aromatic heterocycles. The highest BCUT2D eigenvalue weighted by Crippen LogP contribution is 2.45. The fourth-order valence-electron chi connectivity index (χ4n) is 5.04. The normalized spacial score (nSPS) is 34.8. The summed E-state index contributed by atoms with van der Waals surface area (Å²) in [6.45, 7) is 7.72. The van der Waals surface area contributed by atoms with Gasteiger partial charge in [0.05, 0.1) is 23.9 Å². The van der Waals surface area contributed by atoms with Crippen LogP contribution in [-0.2, 0) is 23.9 Å². The number of ether oxygens (including phenoxy) is 2. The molecule has 1 heterocycles. The first-order valence-electron chi connectivity index (χ1n) is 11.7. The number of hydrogen-bond acceptors (Lipinski definition) is 6. The molecule has 0 saturated carbocycles. The van der Waals surface area contributed by atoms with Crippen LogP contribution in [0.2, 0.25) is 0 Å². The summed E-state index contributed by atoms with van der Waals surface area (Å²) in [7, 11) is 0. The van der Waals surface area contributed by atoms with Gasteiger partial charge in [0, 0.05) is 18.8 Å². The molecule has 0 bridgehead atoms. The van der Waals surface area contributed by atoms with Crippen LogP contribution in [0.25, 0.3) is 0 Å². The van der Waals surface area contributed by atoms with E-state index in [9.17, 15) is 24.6 Å². The number of fused-ring (bicyclic) bond motifs is 1. The number of carbonyl (C=O) groups excluding carboxylic acids is 2. The average Bonchev–Trinajstić information content (AvgIpc) is 2.72. The van der Waals surface area contributed by atoms with Crippen molar-refractivity contribution in [2.45, 2.75) is 84.5 Å². The molecule has 178 valence electrons. The second kappa shape index (κ2) is 9.77. The van der Waals surface area contributed by atoms with Crippen molar-refractivity contribution in [3.8, 4) is 0 Å². The molecule has 2 aliphatic carbocycles. The average molecular weight is 449 g/mol. The first-order chi connectivity index (χ1) is 15.0. The number of rotatable bonds is 7. The Hall–Kier alpha value is -2.15. The van der Waals surface area contributed by atoms with Crippen LogP contribution < -0.4 is 0 Å². The van der Waals surface area contributed by atoms with Crippen molar-refractivity contribution in [3.63, 3.8) is 0 Å². The molecule has 7 nitrogen and oxygen atoms in total. The molecule has 0 radical (unpaired) electrons. The summed E-state index contributed by atoms with van der Waals surface area (Å²) in [4.78, 5) is 36.4. The van der Waals surface area contributed by atoms with Gasteiger partial charge in [-0.05, 0) is 50.5 Å². The standard InChI is InChI=1S/C25H36O7/c1-5-25(3,4)24(30)32-20-11-16(23(28)29)10-15-7-6-14(2)19(22(15)20)9-8-18-12-17(26)13-21(27)31-18/h6-7,10,14,16-20,22,26H,5,8-9,11-13H2,1-4H3,(H,28,29)/t14-,16?,17+,18+,19-,20-,22-/m1/s1. The summed E-state index contributed by atoms with van der Waals surface area (Å²) in [6, 6.07) is 0. The van der Waals surface area contributed by atoms with E-state index in [1.165, 1.54) is 0 Å². The summed E-state index contributed by atoms with van der Waals surface area (Å²) in [6.07, 6.45) is 7.01. The van der Waals surface area contributed by atoms with E-state index < -0.39 is 29.5 Å². The number of carbonyl (C=O) groups is 3. The molecule has 0 spiro atoms. The monoisotopic (exact) mass is 448 g/mol. The second-order valence-electron chi connectivity index (χ2n) is 10.2. The van der Waals surface area contributed by atoms with Crippen molar-refractivity contribution in [3.05, 3.63) is 23.8 Å². The second-order valence-corrected chi connectivity index (χ2v) is 10.2. The Morgan fingerprint density at radius 1 is 1.25 bits per heavy atom. The molecule has 0 aromatic rings. The van der Waals surface area contributed by atoms with Gasteiger partial charge in [0.25, 0.3) is 0 Å². The number of esters is 2. The molecule has 0 aromatic carbocycles. The topological polar surface area (TPSA) is 110 Å². The van der Waals surface area contributed by atoms with Crippen LogP contribution in [0.5, 0.6) is 0 Å². The SMILES string of the molecule is CCC(C)(C)C(=O)O[C@@H]1CC(C(=O)O)C=C2C=C[C@@H](C)[C@@H](CC[C@H]3C[C@H](O)CC(=O)O3)[C@@H]21. The van der Waals surface area contributed by atoms with Crippen LogP contribution in [0.3, 0.4) is 0 Å². The maximum Gasteiger partial charge on any atom is 0.311 e. The van der Waals surface area contributed by atoms with Gasteiger partial charge in [-0.15, -0.1) is 0 Å². The maximum absolute atomic E-state index is 12.9. The quantitative estimate of drug-likeness (QED) is 0.572. The van der Waals surface area contributed by atoms with E-state index in [1.54, 1.807) is 6.08 Å². The summed E-state index contributed by atoms with van der Waals surface area (Å²) in [5, 5.41) is 19.6. The Labute approximate surface area is 189 Å². The Balaban J connectivity index is 1.82. The van der Waals surface area contributed by atoms with Gasteiger partial charge in [-0.3, -0.25) is 14.4 Å². The summed E-state index contributed by atoms with van der Waals surface area (Å²) >= 11 is 0. The molecule has 3 aliphatic rings. The van der Waals surface area contributed by atoms with Gasteiger partial charge >= 0.3 is 17.9 Å². The van der Waals surface area contributed by atoms with Crippen molar-refractivity contribution < 1.29 is 34.1 Å². The van der Waals surface area contributed by atoms with E-state index in [-0.39, 0.29) is 48.6 Å². The lowest BCUT2D eigenvalue weighted by atomic mass is 9.65. The van der Waals surface area contributed by atoms with Crippen LogP contribution in [0, 0.1) is 29.1 Å². The molecule has 32 heavy (non-hydrogen) atoms. The van der Waals surface area contributed by atoms with Gasteiger partial charge in [-0.1, -0.05) is 32.1 Å². The fourth-order valence-corrected chi connectivity index (χ4v) is 5.04. The van der Waals surface area contributed by atoms with Gasteiger partial charge in [-0.2, -0.15) is 0 Å². The minimum Gasteiger partial charge on any atom is -0.481 e. The summed E-state index contributed by atoms with van der Waals surface area (Å²) in [5.74, 6) is -2.09. The third-order valence-corrected chi connectivity index (χ3v) is 7.46. The molecule has 7 atom stereocenters. The number of aliphatic carboxylic acids is 1. The lowest BCUT2D eigenvalue weighted by Gasteiger charge is -2.44. The number of cyclic esters (lactones) is 1. The molecule has 1 unspecified atom stereocenters. The Morgan fingerprint density at radius 2 is 1.97 bits per heavy atom. The molecule has 3 rings (SSSR count). The Kier molecular flexibility index (Phi) is 7.48. The van der Waals surface area contributed by atoms with Gasteiger partial charge in [0.2, 0.25) is 0 Å². The van der Waals surface area contributed by atoms with Crippen LogP contribution in [-0.4, -0.2) is 46.4 Å². The van der Waals surface area contributed by atoms with Crippen LogP contribution in [0.4, 0.5) is 0 Å². The van der Waals surface area contributed by atoms with Crippen molar-refractivity contribution in [1.82, 2.24) is 0 Å². The fraction of sp³-hybridized carbons (Fsp3) is 0.720. The van der Waals surface area contributed by atoms with E-state index in [1.807, 2.05) is 26.8 Å². The minimum absolute atomic E-state index is 0.0381. The number of hydrogen-bond donors (Lipinski definition) is 2.